The second-order valence-corrected chi connectivity index (χ2v) is 6.04. The number of fused-ring (bicyclic) bond motifs is 1. The van der Waals surface area contributed by atoms with Gasteiger partial charge in [0.05, 0.1) is 10.5 Å². The van der Waals surface area contributed by atoms with Crippen LogP contribution in [0.1, 0.15) is 62.8 Å². The van der Waals surface area contributed by atoms with Gasteiger partial charge in [-0.3, -0.25) is 4.98 Å². The molecule has 0 fully saturated rings. The summed E-state index contributed by atoms with van der Waals surface area (Å²) >= 11 is 6.62. The monoisotopic (exact) mass is 275 g/mol. The van der Waals surface area contributed by atoms with Gasteiger partial charge in [-0.05, 0) is 48.4 Å². The molecular formula is C17H22ClN. The van der Waals surface area contributed by atoms with Crippen LogP contribution in [0.25, 0.3) is 10.9 Å². The number of halogens is 1. The number of aryl methyl sites for hydroxylation is 1. The van der Waals surface area contributed by atoms with Gasteiger partial charge in [-0.15, -0.1) is 0 Å². The van der Waals surface area contributed by atoms with E-state index in [0.29, 0.717) is 11.8 Å². The van der Waals surface area contributed by atoms with Crippen molar-refractivity contribution in [2.24, 2.45) is 0 Å². The molecule has 0 N–H and O–H groups in total. The Morgan fingerprint density at radius 1 is 1.21 bits per heavy atom. The lowest BCUT2D eigenvalue weighted by Crippen LogP contribution is -1.99. The number of hydrogen-bond acceptors (Lipinski definition) is 1. The van der Waals surface area contributed by atoms with Crippen molar-refractivity contribution in [1.82, 2.24) is 4.98 Å². The molecule has 2 rings (SSSR count). The summed E-state index contributed by atoms with van der Waals surface area (Å²) in [5.74, 6) is 0.959. The number of benzene rings is 1. The maximum absolute atomic E-state index is 6.62. The van der Waals surface area contributed by atoms with E-state index < -0.39 is 0 Å². The summed E-state index contributed by atoms with van der Waals surface area (Å²) in [6.45, 7) is 10.8. The largest absolute Gasteiger partial charge is 0.253 e. The molecule has 0 spiro atoms. The average Bonchev–Trinajstić information content (AvgIpc) is 2.37. The lowest BCUT2D eigenvalue weighted by atomic mass is 9.94. The van der Waals surface area contributed by atoms with Crippen LogP contribution in [-0.4, -0.2) is 4.98 Å². The van der Waals surface area contributed by atoms with Gasteiger partial charge in [0.15, 0.2) is 0 Å². The van der Waals surface area contributed by atoms with E-state index in [2.05, 4.69) is 45.9 Å². The maximum atomic E-state index is 6.62. The van der Waals surface area contributed by atoms with Crippen molar-refractivity contribution in [3.05, 3.63) is 40.0 Å². The number of hydrogen-bond donors (Lipinski definition) is 0. The molecule has 2 aromatic rings. The third-order valence-electron chi connectivity index (χ3n) is 3.93. The van der Waals surface area contributed by atoms with E-state index in [9.17, 15) is 0 Å². The van der Waals surface area contributed by atoms with Crippen molar-refractivity contribution in [3.8, 4) is 0 Å². The van der Waals surface area contributed by atoms with Crippen molar-refractivity contribution in [2.45, 2.75) is 52.9 Å². The van der Waals surface area contributed by atoms with Crippen LogP contribution >= 0.6 is 11.6 Å². The van der Waals surface area contributed by atoms with Gasteiger partial charge in [0, 0.05) is 11.1 Å². The first-order chi connectivity index (χ1) is 8.95. The van der Waals surface area contributed by atoms with Crippen molar-refractivity contribution >= 4 is 22.5 Å². The highest BCUT2D eigenvalue weighted by Crippen LogP contribution is 2.34. The van der Waals surface area contributed by atoms with E-state index in [1.54, 1.807) is 0 Å². The minimum Gasteiger partial charge on any atom is -0.253 e. The molecule has 0 saturated heterocycles. The van der Waals surface area contributed by atoms with Crippen molar-refractivity contribution in [3.63, 3.8) is 0 Å². The molecular weight excluding hydrogens is 254 g/mol. The lowest BCUT2D eigenvalue weighted by molar-refractivity contribution is 0.734. The Morgan fingerprint density at radius 2 is 1.89 bits per heavy atom. The van der Waals surface area contributed by atoms with Gasteiger partial charge in [-0.25, -0.2) is 0 Å². The minimum absolute atomic E-state index is 0.400. The molecule has 0 radical (unpaired) electrons. The van der Waals surface area contributed by atoms with E-state index in [1.807, 2.05) is 6.92 Å². The van der Waals surface area contributed by atoms with Crippen LogP contribution < -0.4 is 0 Å². The molecule has 1 unspecified atom stereocenters. The van der Waals surface area contributed by atoms with E-state index in [1.165, 1.54) is 11.1 Å². The third kappa shape index (κ3) is 2.62. The van der Waals surface area contributed by atoms with Gasteiger partial charge in [0.25, 0.3) is 0 Å². The Bertz CT molecular complexity index is 602. The normalized spacial score (nSPS) is 13.2. The van der Waals surface area contributed by atoms with E-state index in [0.717, 1.165) is 28.0 Å². The molecule has 0 aliphatic rings. The van der Waals surface area contributed by atoms with Crippen LogP contribution in [0.4, 0.5) is 0 Å². The quantitative estimate of drug-likeness (QED) is 0.686. The Hall–Kier alpha value is -1.08. The molecule has 0 bridgehead atoms. The summed E-state index contributed by atoms with van der Waals surface area (Å²) in [5.41, 5.74) is 4.57. The van der Waals surface area contributed by atoms with Crippen molar-refractivity contribution in [1.29, 1.82) is 0 Å². The second kappa shape index (κ2) is 5.50. The van der Waals surface area contributed by atoms with Crippen molar-refractivity contribution in [2.75, 3.05) is 0 Å². The Labute approximate surface area is 121 Å². The van der Waals surface area contributed by atoms with Gasteiger partial charge in [-0.2, -0.15) is 0 Å². The molecule has 0 amide bonds. The molecule has 1 nitrogen and oxygen atoms in total. The summed E-state index contributed by atoms with van der Waals surface area (Å²) in [5, 5.41) is 1.97. The SMILES string of the molecule is CCC(C)c1ccc2nc(C)c(C(C)C)c(Cl)c2c1. The smallest absolute Gasteiger partial charge is 0.0720 e. The number of pyridine rings is 1. The van der Waals surface area contributed by atoms with E-state index in [4.69, 9.17) is 16.6 Å². The van der Waals surface area contributed by atoms with Crippen molar-refractivity contribution < 1.29 is 0 Å². The highest BCUT2D eigenvalue weighted by molar-refractivity contribution is 6.36. The van der Waals surface area contributed by atoms with Gasteiger partial charge in [0.2, 0.25) is 0 Å². The maximum Gasteiger partial charge on any atom is 0.0720 e. The van der Waals surface area contributed by atoms with Crippen LogP contribution in [0.5, 0.6) is 0 Å². The van der Waals surface area contributed by atoms with Crippen LogP contribution in [0, 0.1) is 6.92 Å². The first kappa shape index (κ1) is 14.3. The summed E-state index contributed by atoms with van der Waals surface area (Å²) in [6.07, 6.45) is 1.14. The van der Waals surface area contributed by atoms with E-state index >= 15 is 0 Å². The number of aromatic nitrogens is 1. The molecule has 0 aliphatic heterocycles. The minimum atomic E-state index is 0.400. The highest BCUT2D eigenvalue weighted by Gasteiger charge is 2.15. The van der Waals surface area contributed by atoms with Crippen LogP contribution in [0.15, 0.2) is 18.2 Å². The zero-order valence-electron chi connectivity index (χ0n) is 12.4. The van der Waals surface area contributed by atoms with Crippen LogP contribution in [0.2, 0.25) is 5.02 Å². The molecule has 19 heavy (non-hydrogen) atoms. The molecule has 1 atom stereocenters. The Balaban J connectivity index is 2.70. The molecule has 2 heteroatoms. The second-order valence-electron chi connectivity index (χ2n) is 5.67. The zero-order valence-corrected chi connectivity index (χ0v) is 13.2. The Kier molecular flexibility index (Phi) is 4.15. The first-order valence-corrected chi connectivity index (χ1v) is 7.43. The summed E-state index contributed by atoms with van der Waals surface area (Å²) in [7, 11) is 0. The molecule has 1 aromatic heterocycles. The molecule has 0 saturated carbocycles. The predicted molar refractivity (Wildman–Crippen MR) is 84.3 cm³/mol. The van der Waals surface area contributed by atoms with Gasteiger partial charge >= 0.3 is 0 Å². The van der Waals surface area contributed by atoms with Crippen LogP contribution in [-0.2, 0) is 0 Å². The van der Waals surface area contributed by atoms with Crippen LogP contribution in [0.3, 0.4) is 0 Å². The summed E-state index contributed by atoms with van der Waals surface area (Å²) < 4.78 is 0. The third-order valence-corrected chi connectivity index (χ3v) is 4.34. The fourth-order valence-electron chi connectivity index (χ4n) is 2.59. The average molecular weight is 276 g/mol. The van der Waals surface area contributed by atoms with Gasteiger partial charge in [0.1, 0.15) is 0 Å². The number of nitrogens with zero attached hydrogens (tertiary/aromatic N) is 1. The fraction of sp³-hybridized carbons (Fsp3) is 0.471. The Morgan fingerprint density at radius 3 is 2.47 bits per heavy atom. The first-order valence-electron chi connectivity index (χ1n) is 7.05. The molecule has 1 heterocycles. The lowest BCUT2D eigenvalue weighted by Gasteiger charge is -2.16. The molecule has 0 aliphatic carbocycles. The molecule has 1 aromatic carbocycles. The van der Waals surface area contributed by atoms with E-state index in [-0.39, 0.29) is 0 Å². The molecule has 102 valence electrons. The summed E-state index contributed by atoms with van der Waals surface area (Å²) in [4.78, 5) is 4.70. The predicted octanol–water partition coefficient (Wildman–Crippen LogP) is 5.83. The standard InChI is InChI=1S/C17H22ClN/c1-6-11(4)13-7-8-15-14(9-13)17(18)16(10(2)3)12(5)19-15/h7-11H,6H2,1-5H3. The van der Waals surface area contributed by atoms with Gasteiger partial charge < -0.3 is 0 Å². The zero-order chi connectivity index (χ0) is 14.2. The fourth-order valence-corrected chi connectivity index (χ4v) is 3.09. The summed E-state index contributed by atoms with van der Waals surface area (Å²) in [6, 6.07) is 6.48. The topological polar surface area (TPSA) is 12.9 Å². The highest BCUT2D eigenvalue weighted by atomic mass is 35.5. The number of rotatable bonds is 3. The van der Waals surface area contributed by atoms with Gasteiger partial charge in [-0.1, -0.05) is 45.4 Å².